The van der Waals surface area contributed by atoms with Gasteiger partial charge in [0, 0.05) is 30.5 Å². The highest BCUT2D eigenvalue weighted by Gasteiger charge is 2.23. The van der Waals surface area contributed by atoms with E-state index in [1.54, 1.807) is 18.4 Å². The molecule has 0 aliphatic heterocycles. The van der Waals surface area contributed by atoms with E-state index < -0.39 is 0 Å². The zero-order valence-electron chi connectivity index (χ0n) is 10.6. The average Bonchev–Trinajstić information content (AvgIpc) is 2.87. The highest BCUT2D eigenvalue weighted by molar-refractivity contribution is 7.16. The van der Waals surface area contributed by atoms with Gasteiger partial charge >= 0.3 is 0 Å². The zero-order valence-corrected chi connectivity index (χ0v) is 11.4. The van der Waals surface area contributed by atoms with Crippen molar-refractivity contribution in [1.29, 1.82) is 0 Å². The molecule has 3 rings (SSSR count). The average molecular weight is 260 g/mol. The van der Waals surface area contributed by atoms with Crippen LogP contribution in [-0.2, 0) is 11.2 Å². The van der Waals surface area contributed by atoms with E-state index in [0.717, 1.165) is 18.1 Å². The summed E-state index contributed by atoms with van der Waals surface area (Å²) in [6.07, 6.45) is 1.02. The van der Waals surface area contributed by atoms with Gasteiger partial charge in [0.05, 0.1) is 12.3 Å². The minimum absolute atomic E-state index is 0.708. The third-order valence-electron chi connectivity index (χ3n) is 3.15. The lowest BCUT2D eigenvalue weighted by Gasteiger charge is -2.02. The van der Waals surface area contributed by atoms with E-state index >= 15 is 0 Å². The standard InChI is InChI=1S/C14H16N2OS/c1-9-3-4-10-8-12-13(11(10)7-9)16-14(18-12)15-5-6-17-2/h3-4,7H,5-6,8H2,1-2H3,(H,15,16). The number of aryl methyl sites for hydroxylation is 1. The second kappa shape index (κ2) is 4.71. The number of fused-ring (bicyclic) bond motifs is 3. The van der Waals surface area contributed by atoms with Crippen LogP contribution in [0, 0.1) is 6.92 Å². The first-order valence-electron chi connectivity index (χ1n) is 6.10. The van der Waals surface area contributed by atoms with Crippen molar-refractivity contribution in [2.24, 2.45) is 0 Å². The Bertz CT molecular complexity index is 577. The summed E-state index contributed by atoms with van der Waals surface area (Å²) in [5.41, 5.74) is 5.17. The van der Waals surface area contributed by atoms with Gasteiger partial charge < -0.3 is 10.1 Å². The van der Waals surface area contributed by atoms with Crippen molar-refractivity contribution in [2.45, 2.75) is 13.3 Å². The SMILES string of the molecule is COCCNc1nc2c(s1)Cc1ccc(C)cc1-2. The molecule has 0 spiro atoms. The number of methoxy groups -OCH3 is 1. The maximum Gasteiger partial charge on any atom is 0.183 e. The second-order valence-corrected chi connectivity index (χ2v) is 5.63. The molecule has 0 fully saturated rings. The fraction of sp³-hybridized carbons (Fsp3) is 0.357. The van der Waals surface area contributed by atoms with Gasteiger partial charge in [-0.3, -0.25) is 0 Å². The van der Waals surface area contributed by atoms with Gasteiger partial charge in [-0.2, -0.15) is 0 Å². The topological polar surface area (TPSA) is 34.1 Å². The van der Waals surface area contributed by atoms with Crippen molar-refractivity contribution in [1.82, 2.24) is 4.98 Å². The number of benzene rings is 1. The first-order chi connectivity index (χ1) is 8.78. The quantitative estimate of drug-likeness (QED) is 0.732. The molecular weight excluding hydrogens is 244 g/mol. The Morgan fingerprint density at radius 3 is 3.17 bits per heavy atom. The van der Waals surface area contributed by atoms with E-state index in [1.807, 2.05) is 0 Å². The lowest BCUT2D eigenvalue weighted by molar-refractivity contribution is 0.211. The summed E-state index contributed by atoms with van der Waals surface area (Å²) in [6.45, 7) is 3.64. The van der Waals surface area contributed by atoms with Crippen molar-refractivity contribution in [3.05, 3.63) is 34.2 Å². The van der Waals surface area contributed by atoms with Gasteiger partial charge in [0.25, 0.3) is 0 Å². The number of anilines is 1. The largest absolute Gasteiger partial charge is 0.383 e. The summed E-state index contributed by atoms with van der Waals surface area (Å²) in [6, 6.07) is 6.63. The Hall–Kier alpha value is -1.39. The molecular formula is C14H16N2OS. The van der Waals surface area contributed by atoms with Gasteiger partial charge in [0.15, 0.2) is 5.13 Å². The number of rotatable bonds is 4. The molecule has 0 radical (unpaired) electrons. The van der Waals surface area contributed by atoms with Crippen molar-refractivity contribution in [3.8, 4) is 11.3 Å². The molecule has 2 aromatic rings. The molecule has 1 aromatic carbocycles. The molecule has 1 aliphatic rings. The smallest absolute Gasteiger partial charge is 0.183 e. The molecule has 0 bridgehead atoms. The number of ether oxygens (including phenoxy) is 1. The molecule has 0 amide bonds. The molecule has 0 saturated heterocycles. The number of nitrogens with zero attached hydrogens (tertiary/aromatic N) is 1. The van der Waals surface area contributed by atoms with Crippen LogP contribution < -0.4 is 5.32 Å². The summed E-state index contributed by atoms with van der Waals surface area (Å²) in [4.78, 5) is 6.07. The maximum atomic E-state index is 5.03. The number of hydrogen-bond acceptors (Lipinski definition) is 4. The summed E-state index contributed by atoms with van der Waals surface area (Å²) >= 11 is 1.76. The summed E-state index contributed by atoms with van der Waals surface area (Å²) < 4.78 is 5.03. The van der Waals surface area contributed by atoms with E-state index in [-0.39, 0.29) is 0 Å². The Morgan fingerprint density at radius 2 is 2.33 bits per heavy atom. The molecule has 18 heavy (non-hydrogen) atoms. The number of aromatic nitrogens is 1. The molecule has 1 N–H and O–H groups in total. The van der Waals surface area contributed by atoms with E-state index in [9.17, 15) is 0 Å². The van der Waals surface area contributed by atoms with Gasteiger partial charge in [-0.25, -0.2) is 4.98 Å². The van der Waals surface area contributed by atoms with Crippen molar-refractivity contribution in [3.63, 3.8) is 0 Å². The lowest BCUT2D eigenvalue weighted by atomic mass is 10.1. The van der Waals surface area contributed by atoms with Gasteiger partial charge in [-0.1, -0.05) is 17.7 Å². The molecule has 4 heteroatoms. The Balaban J connectivity index is 1.86. The highest BCUT2D eigenvalue weighted by Crippen LogP contribution is 2.41. The molecule has 3 nitrogen and oxygen atoms in total. The van der Waals surface area contributed by atoms with E-state index in [4.69, 9.17) is 9.72 Å². The second-order valence-electron chi connectivity index (χ2n) is 4.55. The van der Waals surface area contributed by atoms with Gasteiger partial charge in [0.1, 0.15) is 0 Å². The number of hydrogen-bond donors (Lipinski definition) is 1. The molecule has 0 saturated carbocycles. The predicted octanol–water partition coefficient (Wildman–Crippen LogP) is 3.08. The van der Waals surface area contributed by atoms with Crippen LogP contribution in [0.3, 0.4) is 0 Å². The predicted molar refractivity (Wildman–Crippen MR) is 75.5 cm³/mol. The van der Waals surface area contributed by atoms with E-state index in [0.29, 0.717) is 6.61 Å². The lowest BCUT2D eigenvalue weighted by Crippen LogP contribution is -2.07. The van der Waals surface area contributed by atoms with Crippen LogP contribution in [0.2, 0.25) is 0 Å². The fourth-order valence-corrected chi connectivity index (χ4v) is 3.28. The monoisotopic (exact) mass is 260 g/mol. The normalized spacial score (nSPS) is 12.3. The number of nitrogens with one attached hydrogen (secondary N) is 1. The maximum absolute atomic E-state index is 5.03. The van der Waals surface area contributed by atoms with Crippen molar-refractivity contribution < 1.29 is 4.74 Å². The van der Waals surface area contributed by atoms with Crippen LogP contribution in [0.25, 0.3) is 11.3 Å². The van der Waals surface area contributed by atoms with Crippen molar-refractivity contribution in [2.75, 3.05) is 25.6 Å². The van der Waals surface area contributed by atoms with E-state index in [1.165, 1.54) is 27.3 Å². The highest BCUT2D eigenvalue weighted by atomic mass is 32.1. The molecule has 1 aromatic heterocycles. The van der Waals surface area contributed by atoms with Gasteiger partial charge in [0.2, 0.25) is 0 Å². The van der Waals surface area contributed by atoms with Gasteiger partial charge in [-0.15, -0.1) is 11.3 Å². The fourth-order valence-electron chi connectivity index (χ4n) is 2.26. The number of thiazole rings is 1. The molecule has 94 valence electrons. The van der Waals surface area contributed by atoms with Crippen LogP contribution in [0.5, 0.6) is 0 Å². The summed E-state index contributed by atoms with van der Waals surface area (Å²) in [5.74, 6) is 0. The van der Waals surface area contributed by atoms with Crippen LogP contribution >= 0.6 is 11.3 Å². The van der Waals surface area contributed by atoms with Crippen molar-refractivity contribution >= 4 is 16.5 Å². The molecule has 0 atom stereocenters. The molecule has 0 unspecified atom stereocenters. The Morgan fingerprint density at radius 1 is 1.44 bits per heavy atom. The summed E-state index contributed by atoms with van der Waals surface area (Å²) in [7, 11) is 1.71. The zero-order chi connectivity index (χ0) is 12.5. The first-order valence-corrected chi connectivity index (χ1v) is 6.92. The first kappa shape index (κ1) is 11.7. The van der Waals surface area contributed by atoms with Gasteiger partial charge in [-0.05, 0) is 18.6 Å². The molecule has 1 aliphatic carbocycles. The Labute approximate surface area is 111 Å². The minimum atomic E-state index is 0.708. The minimum Gasteiger partial charge on any atom is -0.383 e. The van der Waals surface area contributed by atoms with Crippen LogP contribution in [0.15, 0.2) is 18.2 Å². The van der Waals surface area contributed by atoms with Crippen LogP contribution in [-0.4, -0.2) is 25.2 Å². The van der Waals surface area contributed by atoms with Crippen LogP contribution in [0.1, 0.15) is 16.0 Å². The third kappa shape index (κ3) is 2.02. The van der Waals surface area contributed by atoms with E-state index in [2.05, 4.69) is 30.4 Å². The molecule has 1 heterocycles. The van der Waals surface area contributed by atoms with Crippen LogP contribution in [0.4, 0.5) is 5.13 Å². The summed E-state index contributed by atoms with van der Waals surface area (Å²) in [5, 5.41) is 4.31. The third-order valence-corrected chi connectivity index (χ3v) is 4.16. The Kier molecular flexibility index (Phi) is 3.06.